The van der Waals surface area contributed by atoms with E-state index < -0.39 is 44.2 Å². The van der Waals surface area contributed by atoms with Crippen molar-refractivity contribution in [2.75, 3.05) is 24.2 Å². The Balaban J connectivity index is 2.07. The van der Waals surface area contributed by atoms with Gasteiger partial charge in [-0.3, -0.25) is 9.52 Å². The first-order valence-corrected chi connectivity index (χ1v) is 12.2. The molecule has 3 N–H and O–H groups in total. The molecule has 2 aromatic carbocycles. The Morgan fingerprint density at radius 3 is 2.41 bits per heavy atom. The number of halogens is 4. The Kier molecular flexibility index (Phi) is 7.98. The van der Waals surface area contributed by atoms with Crippen LogP contribution < -0.4 is 20.1 Å². The number of amides is 2. The van der Waals surface area contributed by atoms with Crippen LogP contribution in [0.2, 0.25) is 5.02 Å². The Morgan fingerprint density at radius 1 is 1.08 bits per heavy atom. The maximum Gasteiger partial charge on any atom is 0.416 e. The van der Waals surface area contributed by atoms with Crippen LogP contribution in [-0.4, -0.2) is 39.4 Å². The molecule has 3 rings (SSSR count). The summed E-state index contributed by atoms with van der Waals surface area (Å²) in [7, 11) is -1.96. The number of carbonyl (C=O) groups excluding carboxylic acids is 2. The van der Waals surface area contributed by atoms with Gasteiger partial charge in [0.2, 0.25) is 5.78 Å². The molecule has 0 saturated heterocycles. The van der Waals surface area contributed by atoms with Gasteiger partial charge in [0, 0.05) is 13.2 Å². The van der Waals surface area contributed by atoms with Gasteiger partial charge in [0.25, 0.3) is 10.0 Å². The highest BCUT2D eigenvalue weighted by atomic mass is 35.5. The Bertz CT molecular complexity index is 1480. The third-order valence-electron chi connectivity index (χ3n) is 5.08. The fourth-order valence-electron chi connectivity index (χ4n) is 3.32. The highest BCUT2D eigenvalue weighted by molar-refractivity contribution is 7.92. The number of urea groups is 1. The van der Waals surface area contributed by atoms with Gasteiger partial charge in [-0.1, -0.05) is 23.7 Å². The number of alkyl halides is 3. The normalized spacial score (nSPS) is 11.5. The number of carbonyl (C=O) groups is 2. The summed E-state index contributed by atoms with van der Waals surface area (Å²) >= 11 is 5.97. The Hall–Kier alpha value is -3.84. The van der Waals surface area contributed by atoms with Gasteiger partial charge in [-0.2, -0.15) is 13.2 Å². The highest BCUT2D eigenvalue weighted by Crippen LogP contribution is 2.35. The maximum absolute atomic E-state index is 13.4. The molecule has 0 bridgehead atoms. The van der Waals surface area contributed by atoms with Crippen molar-refractivity contribution >= 4 is 44.8 Å². The summed E-state index contributed by atoms with van der Waals surface area (Å²) in [4.78, 5) is 28.4. The van der Waals surface area contributed by atoms with E-state index in [1.165, 1.54) is 39.3 Å². The molecule has 1 heterocycles. The Labute approximate surface area is 215 Å². The molecule has 0 aliphatic rings. The largest absolute Gasteiger partial charge is 0.494 e. The molecule has 2 amide bonds. The van der Waals surface area contributed by atoms with Crippen LogP contribution in [0.1, 0.15) is 27.2 Å². The topological polar surface area (TPSA) is 126 Å². The van der Waals surface area contributed by atoms with Gasteiger partial charge in [0.1, 0.15) is 5.69 Å². The molecule has 0 aliphatic carbocycles. The van der Waals surface area contributed by atoms with Crippen LogP contribution in [0.4, 0.5) is 29.3 Å². The van der Waals surface area contributed by atoms with Gasteiger partial charge >= 0.3 is 12.2 Å². The second kappa shape index (κ2) is 10.6. The molecule has 0 radical (unpaired) electrons. The minimum Gasteiger partial charge on any atom is -0.494 e. The minimum atomic E-state index is -4.78. The number of rotatable bonds is 7. The number of methoxy groups -OCH3 is 1. The summed E-state index contributed by atoms with van der Waals surface area (Å²) in [5, 5.41) is 4.80. The third kappa shape index (κ3) is 6.12. The zero-order valence-electron chi connectivity index (χ0n) is 19.5. The number of anilines is 2. The number of ether oxygens (including phenoxy) is 1. The molecule has 0 aliphatic heterocycles. The lowest BCUT2D eigenvalue weighted by atomic mass is 10.0. The van der Waals surface area contributed by atoms with E-state index in [0.29, 0.717) is 6.07 Å². The van der Waals surface area contributed by atoms with E-state index in [4.69, 9.17) is 16.3 Å². The fraction of sp³-hybridized carbons (Fsp3) is 0.174. The van der Waals surface area contributed by atoms with E-state index >= 15 is 0 Å². The van der Waals surface area contributed by atoms with Gasteiger partial charge in [-0.25, -0.2) is 18.2 Å². The molecule has 0 spiro atoms. The monoisotopic (exact) mass is 556 g/mol. The van der Waals surface area contributed by atoms with Crippen molar-refractivity contribution in [3.05, 3.63) is 76.1 Å². The Morgan fingerprint density at radius 2 is 1.78 bits per heavy atom. The molecule has 3 aromatic rings. The van der Waals surface area contributed by atoms with Crippen LogP contribution in [-0.2, 0) is 16.2 Å². The number of para-hydroxylation sites is 1. The fourth-order valence-corrected chi connectivity index (χ4v) is 4.56. The van der Waals surface area contributed by atoms with Crippen LogP contribution >= 0.6 is 11.6 Å². The van der Waals surface area contributed by atoms with Gasteiger partial charge in [-0.15, -0.1) is 0 Å². The standard InChI is InChI=1S/C23H20ClF3N4O5S/c1-12-7-8-14(10-16(12)23(25,26)27)37(34,35)31-18-9-13(24)11-29-19(18)20(32)15-5-4-6-17(21(15)36-3)30-22(33)28-2/h4-11,31H,1-3H3,(H2,28,30,33). The molecule has 0 unspecified atom stereocenters. The van der Waals surface area contributed by atoms with E-state index in [0.717, 1.165) is 24.4 Å². The predicted molar refractivity (Wildman–Crippen MR) is 131 cm³/mol. The lowest BCUT2D eigenvalue weighted by Crippen LogP contribution is -2.25. The number of aryl methyl sites for hydroxylation is 1. The molecular weight excluding hydrogens is 537 g/mol. The molecule has 14 heteroatoms. The van der Waals surface area contributed by atoms with E-state index in [-0.39, 0.29) is 33.3 Å². The summed E-state index contributed by atoms with van der Waals surface area (Å²) in [6, 6.07) is 7.31. The second-order valence-corrected chi connectivity index (χ2v) is 9.67. The number of sulfonamides is 1. The average molecular weight is 557 g/mol. The van der Waals surface area contributed by atoms with Gasteiger partial charge in [0.05, 0.1) is 39.5 Å². The number of pyridine rings is 1. The number of ketones is 1. The lowest BCUT2D eigenvalue weighted by Gasteiger charge is -2.16. The number of hydrogen-bond donors (Lipinski definition) is 3. The predicted octanol–water partition coefficient (Wildman–Crippen LogP) is 4.85. The number of hydrogen-bond acceptors (Lipinski definition) is 6. The first-order chi connectivity index (χ1) is 17.3. The molecule has 196 valence electrons. The summed E-state index contributed by atoms with van der Waals surface area (Å²) < 4.78 is 73.4. The van der Waals surface area contributed by atoms with Crippen molar-refractivity contribution in [1.29, 1.82) is 0 Å². The van der Waals surface area contributed by atoms with Crippen LogP contribution in [0, 0.1) is 6.92 Å². The van der Waals surface area contributed by atoms with Gasteiger partial charge < -0.3 is 15.4 Å². The van der Waals surface area contributed by atoms with Crippen LogP contribution in [0.3, 0.4) is 0 Å². The van der Waals surface area contributed by atoms with Crippen LogP contribution in [0.5, 0.6) is 5.75 Å². The van der Waals surface area contributed by atoms with Crippen molar-refractivity contribution < 1.29 is 35.9 Å². The van der Waals surface area contributed by atoms with E-state index in [1.807, 2.05) is 0 Å². The molecule has 0 atom stereocenters. The van der Waals surface area contributed by atoms with Crippen molar-refractivity contribution in [2.45, 2.75) is 18.0 Å². The lowest BCUT2D eigenvalue weighted by molar-refractivity contribution is -0.138. The zero-order chi connectivity index (χ0) is 27.5. The minimum absolute atomic E-state index is 0.0324. The van der Waals surface area contributed by atoms with Crippen molar-refractivity contribution in [3.8, 4) is 5.75 Å². The molecule has 9 nitrogen and oxygen atoms in total. The number of nitrogens with one attached hydrogen (secondary N) is 3. The van der Waals surface area contributed by atoms with E-state index in [1.54, 1.807) is 0 Å². The van der Waals surface area contributed by atoms with E-state index in [9.17, 15) is 31.2 Å². The first kappa shape index (κ1) is 27.7. The number of aromatic nitrogens is 1. The van der Waals surface area contributed by atoms with Gasteiger partial charge in [0.15, 0.2) is 5.75 Å². The molecular formula is C23H20ClF3N4O5S. The SMILES string of the molecule is CNC(=O)Nc1cccc(C(=O)c2ncc(Cl)cc2NS(=O)(=O)c2ccc(C)c(C(F)(F)F)c2)c1OC. The third-order valence-corrected chi connectivity index (χ3v) is 6.65. The summed E-state index contributed by atoms with van der Waals surface area (Å²) in [5.41, 5.74) is -2.01. The quantitative estimate of drug-likeness (QED) is 0.357. The van der Waals surface area contributed by atoms with Crippen molar-refractivity contribution in [1.82, 2.24) is 10.3 Å². The smallest absolute Gasteiger partial charge is 0.416 e. The summed E-state index contributed by atoms with van der Waals surface area (Å²) in [6.07, 6.45) is -3.68. The van der Waals surface area contributed by atoms with Crippen LogP contribution in [0.15, 0.2) is 53.6 Å². The summed E-state index contributed by atoms with van der Waals surface area (Å²) in [5.74, 6) is -0.846. The first-order valence-electron chi connectivity index (χ1n) is 10.3. The molecule has 37 heavy (non-hydrogen) atoms. The average Bonchev–Trinajstić information content (AvgIpc) is 2.82. The highest BCUT2D eigenvalue weighted by Gasteiger charge is 2.34. The number of nitrogens with zero attached hydrogens (tertiary/aromatic N) is 1. The number of benzene rings is 2. The van der Waals surface area contributed by atoms with Crippen molar-refractivity contribution in [2.24, 2.45) is 0 Å². The van der Waals surface area contributed by atoms with Gasteiger partial charge in [-0.05, 0) is 42.8 Å². The zero-order valence-corrected chi connectivity index (χ0v) is 21.1. The second-order valence-electron chi connectivity index (χ2n) is 7.55. The van der Waals surface area contributed by atoms with Crippen LogP contribution in [0.25, 0.3) is 0 Å². The van der Waals surface area contributed by atoms with Crippen molar-refractivity contribution in [3.63, 3.8) is 0 Å². The molecule has 1 aromatic heterocycles. The van der Waals surface area contributed by atoms with E-state index in [2.05, 4.69) is 20.3 Å². The molecule has 0 saturated carbocycles. The maximum atomic E-state index is 13.4. The molecule has 0 fully saturated rings. The summed E-state index contributed by atoms with van der Waals surface area (Å²) in [6.45, 7) is 1.20.